The highest BCUT2D eigenvalue weighted by Gasteiger charge is 2.19. The number of allylic oxidation sites excluding steroid dienone is 24. The summed E-state index contributed by atoms with van der Waals surface area (Å²) in [6.07, 6.45) is 94.2. The van der Waals surface area contributed by atoms with Crippen LogP contribution in [0.4, 0.5) is 0 Å². The predicted molar refractivity (Wildman–Crippen MR) is 343 cm³/mol. The van der Waals surface area contributed by atoms with Crippen LogP contribution in [0.25, 0.3) is 0 Å². The number of hydrogen-bond acceptors (Lipinski definition) is 6. The first kappa shape index (κ1) is 74.3. The molecular formula is C73H118O6. The average molecular weight is 1090 g/mol. The molecule has 0 radical (unpaired) electrons. The summed E-state index contributed by atoms with van der Waals surface area (Å²) in [5, 5.41) is 0. The summed E-state index contributed by atoms with van der Waals surface area (Å²) in [6.45, 7) is 6.37. The maximum absolute atomic E-state index is 12.9. The Labute approximate surface area is 487 Å². The van der Waals surface area contributed by atoms with Gasteiger partial charge >= 0.3 is 17.9 Å². The monoisotopic (exact) mass is 1090 g/mol. The lowest BCUT2D eigenvalue weighted by atomic mass is 10.1. The van der Waals surface area contributed by atoms with Crippen LogP contribution in [0.2, 0.25) is 0 Å². The largest absolute Gasteiger partial charge is 0.462 e. The zero-order valence-corrected chi connectivity index (χ0v) is 51.1. The summed E-state index contributed by atoms with van der Waals surface area (Å²) in [5.74, 6) is -0.950. The van der Waals surface area contributed by atoms with Crippen LogP contribution in [0.15, 0.2) is 146 Å². The molecule has 0 bridgehead atoms. The smallest absolute Gasteiger partial charge is 0.306 e. The van der Waals surface area contributed by atoms with Gasteiger partial charge in [-0.3, -0.25) is 14.4 Å². The third-order valence-corrected chi connectivity index (χ3v) is 13.3. The minimum Gasteiger partial charge on any atom is -0.462 e. The van der Waals surface area contributed by atoms with Gasteiger partial charge in [-0.05, 0) is 141 Å². The van der Waals surface area contributed by atoms with E-state index < -0.39 is 6.10 Å². The first-order valence-electron chi connectivity index (χ1n) is 32.3. The standard InChI is InChI=1S/C73H118O6/c1-4-7-10-13-16-19-22-25-28-30-32-34-35-36-37-39-40-42-45-48-51-54-57-60-63-66-72(75)78-69-70(68-77-71(74)65-62-59-56-53-50-47-44-27-24-21-18-15-12-9-6-3)79-73(76)67-64-61-58-55-52-49-46-43-41-38-33-31-29-26-23-20-17-14-11-8-5-2/h7-8,10-11,16-17,19-20,25-29,32-34,36-38,40,42,44,48,51,70H,4-6,9,12-15,18,21-24,30-31,35,39,41,43,45-47,49-50,52-69H2,1-3H3/b10-7-,11-8-,19-16-,20-17-,28-25-,29-26-,34-32-,37-36-,38-33-,42-40-,44-27-,51-48-. The first-order chi connectivity index (χ1) is 39.0. The Morgan fingerprint density at radius 1 is 0.266 bits per heavy atom. The van der Waals surface area contributed by atoms with E-state index in [4.69, 9.17) is 14.2 Å². The molecule has 6 nitrogen and oxygen atoms in total. The molecule has 6 heteroatoms. The second-order valence-corrected chi connectivity index (χ2v) is 20.9. The molecular weight excluding hydrogens is 973 g/mol. The van der Waals surface area contributed by atoms with Gasteiger partial charge in [-0.15, -0.1) is 0 Å². The average Bonchev–Trinajstić information content (AvgIpc) is 3.45. The minimum atomic E-state index is -0.808. The van der Waals surface area contributed by atoms with Crippen LogP contribution < -0.4 is 0 Å². The SMILES string of the molecule is CC/C=C\C/C=C\C/C=C\C/C=C\C/C=C\C/C=C\C/C=C\CCCCCC(=O)OCC(COC(=O)CCCCCCC/C=C\CCCCCCCC)OC(=O)CCCCCCCCCC/C=C\C/C=C\C/C=C\C/C=C\CC. The van der Waals surface area contributed by atoms with Gasteiger partial charge in [0, 0.05) is 19.3 Å². The molecule has 0 spiro atoms. The Morgan fingerprint density at radius 2 is 0.494 bits per heavy atom. The maximum Gasteiger partial charge on any atom is 0.306 e. The minimum absolute atomic E-state index is 0.101. The summed E-state index contributed by atoms with van der Waals surface area (Å²) in [4.78, 5) is 38.4. The van der Waals surface area contributed by atoms with Gasteiger partial charge in [-0.2, -0.15) is 0 Å². The molecule has 1 unspecified atom stereocenters. The molecule has 0 fully saturated rings. The number of unbranched alkanes of at least 4 members (excludes halogenated alkanes) is 22. The molecule has 446 valence electrons. The number of ether oxygens (including phenoxy) is 3. The van der Waals surface area contributed by atoms with E-state index in [0.717, 1.165) is 154 Å². The summed E-state index contributed by atoms with van der Waals surface area (Å²) >= 11 is 0. The summed E-state index contributed by atoms with van der Waals surface area (Å²) < 4.78 is 16.9. The topological polar surface area (TPSA) is 78.9 Å². The fraction of sp³-hybridized carbons (Fsp3) is 0.630. The van der Waals surface area contributed by atoms with Gasteiger partial charge in [-0.1, -0.05) is 263 Å². The van der Waals surface area contributed by atoms with Crippen molar-refractivity contribution in [1.29, 1.82) is 0 Å². The van der Waals surface area contributed by atoms with Gasteiger partial charge in [0.1, 0.15) is 13.2 Å². The Kier molecular flexibility index (Phi) is 61.9. The molecule has 0 amide bonds. The molecule has 0 N–H and O–H groups in total. The molecule has 0 rings (SSSR count). The number of carbonyl (C=O) groups is 3. The van der Waals surface area contributed by atoms with Crippen molar-refractivity contribution in [1.82, 2.24) is 0 Å². The number of rotatable bonds is 57. The van der Waals surface area contributed by atoms with Gasteiger partial charge in [0.05, 0.1) is 0 Å². The van der Waals surface area contributed by atoms with Crippen LogP contribution >= 0.6 is 0 Å². The lowest BCUT2D eigenvalue weighted by Crippen LogP contribution is -2.30. The third kappa shape index (κ3) is 64.0. The lowest BCUT2D eigenvalue weighted by Gasteiger charge is -2.18. The van der Waals surface area contributed by atoms with Crippen molar-refractivity contribution in [3.8, 4) is 0 Å². The Bertz CT molecular complexity index is 1730. The molecule has 0 aliphatic heterocycles. The van der Waals surface area contributed by atoms with Crippen LogP contribution in [-0.4, -0.2) is 37.2 Å². The molecule has 0 saturated carbocycles. The van der Waals surface area contributed by atoms with Crippen LogP contribution in [0.5, 0.6) is 0 Å². The van der Waals surface area contributed by atoms with Crippen LogP contribution in [-0.2, 0) is 28.6 Å². The summed E-state index contributed by atoms with van der Waals surface area (Å²) in [6, 6.07) is 0. The summed E-state index contributed by atoms with van der Waals surface area (Å²) in [5.41, 5.74) is 0. The fourth-order valence-corrected chi connectivity index (χ4v) is 8.53. The molecule has 0 saturated heterocycles. The Morgan fingerprint density at radius 3 is 0.797 bits per heavy atom. The van der Waals surface area contributed by atoms with Crippen molar-refractivity contribution in [3.05, 3.63) is 146 Å². The highest BCUT2D eigenvalue weighted by Crippen LogP contribution is 2.15. The fourth-order valence-electron chi connectivity index (χ4n) is 8.53. The first-order valence-corrected chi connectivity index (χ1v) is 32.3. The van der Waals surface area contributed by atoms with E-state index in [-0.39, 0.29) is 31.1 Å². The molecule has 0 aliphatic rings. The van der Waals surface area contributed by atoms with Gasteiger partial charge in [0.2, 0.25) is 0 Å². The van der Waals surface area contributed by atoms with E-state index in [2.05, 4.69) is 167 Å². The highest BCUT2D eigenvalue weighted by atomic mass is 16.6. The van der Waals surface area contributed by atoms with Gasteiger partial charge in [-0.25, -0.2) is 0 Å². The van der Waals surface area contributed by atoms with Gasteiger partial charge in [0.25, 0.3) is 0 Å². The van der Waals surface area contributed by atoms with Crippen LogP contribution in [0, 0.1) is 0 Å². The second kappa shape index (κ2) is 65.8. The zero-order chi connectivity index (χ0) is 57.1. The molecule has 79 heavy (non-hydrogen) atoms. The highest BCUT2D eigenvalue weighted by molar-refractivity contribution is 5.71. The van der Waals surface area contributed by atoms with Crippen molar-refractivity contribution in [2.24, 2.45) is 0 Å². The Balaban J connectivity index is 4.48. The van der Waals surface area contributed by atoms with E-state index in [9.17, 15) is 14.4 Å². The van der Waals surface area contributed by atoms with Crippen LogP contribution in [0.1, 0.15) is 278 Å². The van der Waals surface area contributed by atoms with E-state index in [1.165, 1.54) is 83.5 Å². The lowest BCUT2D eigenvalue weighted by molar-refractivity contribution is -0.167. The molecule has 1 atom stereocenters. The quantitative estimate of drug-likeness (QED) is 0.0261. The molecule has 0 aliphatic carbocycles. The molecule has 0 aromatic carbocycles. The number of hydrogen-bond donors (Lipinski definition) is 0. The predicted octanol–water partition coefficient (Wildman–Crippen LogP) is 22.3. The molecule has 0 heterocycles. The van der Waals surface area contributed by atoms with Gasteiger partial charge in [0.15, 0.2) is 6.10 Å². The molecule has 0 aromatic heterocycles. The van der Waals surface area contributed by atoms with Gasteiger partial charge < -0.3 is 14.2 Å². The van der Waals surface area contributed by atoms with Crippen molar-refractivity contribution in [2.45, 2.75) is 284 Å². The van der Waals surface area contributed by atoms with Crippen molar-refractivity contribution >= 4 is 17.9 Å². The van der Waals surface area contributed by atoms with Crippen LogP contribution in [0.3, 0.4) is 0 Å². The number of esters is 3. The second-order valence-electron chi connectivity index (χ2n) is 20.9. The Hall–Kier alpha value is -4.71. The van der Waals surface area contributed by atoms with Crippen molar-refractivity contribution < 1.29 is 28.6 Å². The van der Waals surface area contributed by atoms with E-state index in [0.29, 0.717) is 19.3 Å². The third-order valence-electron chi connectivity index (χ3n) is 13.3. The van der Waals surface area contributed by atoms with E-state index in [1.807, 2.05) is 0 Å². The molecule has 0 aromatic rings. The normalized spacial score (nSPS) is 13.1. The zero-order valence-electron chi connectivity index (χ0n) is 51.1. The summed E-state index contributed by atoms with van der Waals surface area (Å²) in [7, 11) is 0. The van der Waals surface area contributed by atoms with Crippen molar-refractivity contribution in [3.63, 3.8) is 0 Å². The van der Waals surface area contributed by atoms with E-state index in [1.54, 1.807) is 0 Å². The number of carbonyl (C=O) groups excluding carboxylic acids is 3. The van der Waals surface area contributed by atoms with E-state index >= 15 is 0 Å². The van der Waals surface area contributed by atoms with Crippen molar-refractivity contribution in [2.75, 3.05) is 13.2 Å². The maximum atomic E-state index is 12.9.